The molecule has 1 atom stereocenters. The fraction of sp³-hybridized carbons (Fsp3) is 0.859. The van der Waals surface area contributed by atoms with Gasteiger partial charge in [0.25, 0.3) is 0 Å². The minimum Gasteiger partial charge on any atom is -0.462 e. The second-order valence-corrected chi connectivity index (χ2v) is 21.0. The second-order valence-electron chi connectivity index (χ2n) is 21.0. The quantitative estimate of drug-likeness (QED) is 0.0261. The van der Waals surface area contributed by atoms with Crippen molar-refractivity contribution in [3.63, 3.8) is 0 Å². The first-order valence-corrected chi connectivity index (χ1v) is 31.0. The third-order valence-corrected chi connectivity index (χ3v) is 13.9. The number of unbranched alkanes of at least 4 members (excludes halogenated alkanes) is 40. The maximum absolute atomic E-state index is 12.9. The standard InChI is InChI=1S/C64H118O6/c1-4-7-10-13-16-19-22-25-28-31-32-34-36-39-42-45-48-51-54-57-63(66)69-60-61(59-68-62(65)56-53-50-47-44-41-38-35-30-27-24-21-18-15-12-9-6-3)70-64(67)58-55-52-49-46-43-40-37-33-29-26-23-20-17-14-11-8-5-2/h16,19,25,28,30,35,61H,4-15,17-18,20-24,26-27,29,31-34,36-60H2,1-3H3/b19-16-,28-25-,35-30-/t61-/m1/s1. The number of carbonyl (C=O) groups is 3. The highest BCUT2D eigenvalue weighted by molar-refractivity contribution is 5.71. The Kier molecular flexibility index (Phi) is 57.2. The normalized spacial score (nSPS) is 12.2. The van der Waals surface area contributed by atoms with Gasteiger partial charge in [0, 0.05) is 19.3 Å². The Hall–Kier alpha value is -2.37. The molecule has 0 saturated carbocycles. The summed E-state index contributed by atoms with van der Waals surface area (Å²) < 4.78 is 16.9. The minimum absolute atomic E-state index is 0.0731. The van der Waals surface area contributed by atoms with E-state index in [0.29, 0.717) is 19.3 Å². The Balaban J connectivity index is 4.34. The number of hydrogen-bond acceptors (Lipinski definition) is 6. The van der Waals surface area contributed by atoms with Gasteiger partial charge in [-0.15, -0.1) is 0 Å². The van der Waals surface area contributed by atoms with Crippen molar-refractivity contribution in [2.75, 3.05) is 13.2 Å². The molecule has 0 aromatic carbocycles. The number of esters is 3. The Morgan fingerprint density at radius 2 is 0.514 bits per heavy atom. The molecule has 0 aliphatic heterocycles. The van der Waals surface area contributed by atoms with E-state index in [-0.39, 0.29) is 31.1 Å². The molecule has 0 amide bonds. The lowest BCUT2D eigenvalue weighted by molar-refractivity contribution is -0.167. The van der Waals surface area contributed by atoms with Crippen LogP contribution in [0, 0.1) is 0 Å². The van der Waals surface area contributed by atoms with E-state index in [1.807, 2.05) is 0 Å². The van der Waals surface area contributed by atoms with E-state index in [2.05, 4.69) is 57.2 Å². The maximum atomic E-state index is 12.9. The van der Waals surface area contributed by atoms with E-state index < -0.39 is 6.10 Å². The van der Waals surface area contributed by atoms with Crippen LogP contribution in [0.5, 0.6) is 0 Å². The highest BCUT2D eigenvalue weighted by Gasteiger charge is 2.19. The van der Waals surface area contributed by atoms with Crippen LogP contribution in [0.2, 0.25) is 0 Å². The monoisotopic (exact) mass is 983 g/mol. The molecule has 0 aromatic rings. The molecule has 0 heterocycles. The van der Waals surface area contributed by atoms with Gasteiger partial charge in [0.15, 0.2) is 6.10 Å². The topological polar surface area (TPSA) is 78.9 Å². The zero-order chi connectivity index (χ0) is 50.7. The Labute approximate surface area is 435 Å². The highest BCUT2D eigenvalue weighted by atomic mass is 16.6. The first-order chi connectivity index (χ1) is 34.5. The number of allylic oxidation sites excluding steroid dienone is 6. The van der Waals surface area contributed by atoms with Crippen LogP contribution in [0.1, 0.15) is 335 Å². The van der Waals surface area contributed by atoms with E-state index in [9.17, 15) is 14.4 Å². The lowest BCUT2D eigenvalue weighted by atomic mass is 10.0. The first kappa shape index (κ1) is 67.6. The summed E-state index contributed by atoms with van der Waals surface area (Å²) in [6.45, 7) is 6.66. The molecular weight excluding hydrogens is 865 g/mol. The maximum Gasteiger partial charge on any atom is 0.306 e. The summed E-state index contributed by atoms with van der Waals surface area (Å²) in [5, 5.41) is 0. The fourth-order valence-corrected chi connectivity index (χ4v) is 9.18. The highest BCUT2D eigenvalue weighted by Crippen LogP contribution is 2.17. The molecule has 410 valence electrons. The second kappa shape index (κ2) is 59.2. The van der Waals surface area contributed by atoms with Gasteiger partial charge < -0.3 is 14.2 Å². The molecule has 6 heteroatoms. The summed E-state index contributed by atoms with van der Waals surface area (Å²) in [5.41, 5.74) is 0. The summed E-state index contributed by atoms with van der Waals surface area (Å²) in [5.74, 6) is -0.863. The third-order valence-electron chi connectivity index (χ3n) is 13.9. The van der Waals surface area contributed by atoms with Crippen LogP contribution in [0.25, 0.3) is 0 Å². The van der Waals surface area contributed by atoms with E-state index in [4.69, 9.17) is 14.2 Å². The van der Waals surface area contributed by atoms with E-state index in [1.54, 1.807) is 0 Å². The first-order valence-electron chi connectivity index (χ1n) is 31.0. The predicted molar refractivity (Wildman–Crippen MR) is 302 cm³/mol. The molecule has 0 rings (SSSR count). The summed E-state index contributed by atoms with van der Waals surface area (Å²) in [7, 11) is 0. The van der Waals surface area contributed by atoms with E-state index in [0.717, 1.165) is 70.6 Å². The molecule has 0 N–H and O–H groups in total. The average Bonchev–Trinajstić information content (AvgIpc) is 3.36. The Bertz CT molecular complexity index is 1170. The van der Waals surface area contributed by atoms with Crippen LogP contribution >= 0.6 is 0 Å². The SMILES string of the molecule is CCCCC/C=C\C/C=C\CCCCCCCCCCCC(=O)OC[C@@H](COC(=O)CCCCCCC/C=C\CCCCCCCCC)OC(=O)CCCCCCCCCCCCCCCCCCC. The molecule has 0 saturated heterocycles. The van der Waals surface area contributed by atoms with Gasteiger partial charge in [0.2, 0.25) is 0 Å². The molecule has 0 spiro atoms. The van der Waals surface area contributed by atoms with Crippen LogP contribution < -0.4 is 0 Å². The Morgan fingerprint density at radius 3 is 0.829 bits per heavy atom. The van der Waals surface area contributed by atoms with E-state index in [1.165, 1.54) is 225 Å². The van der Waals surface area contributed by atoms with E-state index >= 15 is 0 Å². The van der Waals surface area contributed by atoms with Crippen molar-refractivity contribution in [2.45, 2.75) is 341 Å². The Morgan fingerprint density at radius 1 is 0.286 bits per heavy atom. The van der Waals surface area contributed by atoms with Gasteiger partial charge in [-0.25, -0.2) is 0 Å². The number of ether oxygens (including phenoxy) is 3. The van der Waals surface area contributed by atoms with Crippen molar-refractivity contribution < 1.29 is 28.6 Å². The summed E-state index contributed by atoms with van der Waals surface area (Å²) in [6, 6.07) is 0. The zero-order valence-corrected chi connectivity index (χ0v) is 47.1. The van der Waals surface area contributed by atoms with Gasteiger partial charge in [0.1, 0.15) is 13.2 Å². The molecular formula is C64H118O6. The summed E-state index contributed by atoms with van der Waals surface area (Å²) in [4.78, 5) is 38.3. The largest absolute Gasteiger partial charge is 0.462 e. The van der Waals surface area contributed by atoms with Crippen molar-refractivity contribution >= 4 is 17.9 Å². The average molecular weight is 984 g/mol. The molecule has 0 fully saturated rings. The van der Waals surface area contributed by atoms with Crippen molar-refractivity contribution in [3.05, 3.63) is 36.5 Å². The van der Waals surface area contributed by atoms with Crippen molar-refractivity contribution in [3.8, 4) is 0 Å². The molecule has 0 radical (unpaired) electrons. The molecule has 0 bridgehead atoms. The molecule has 0 aliphatic carbocycles. The number of hydrogen-bond donors (Lipinski definition) is 0. The smallest absolute Gasteiger partial charge is 0.306 e. The molecule has 0 unspecified atom stereocenters. The van der Waals surface area contributed by atoms with Crippen molar-refractivity contribution in [1.29, 1.82) is 0 Å². The van der Waals surface area contributed by atoms with Gasteiger partial charge in [-0.2, -0.15) is 0 Å². The van der Waals surface area contributed by atoms with Crippen LogP contribution in [-0.4, -0.2) is 37.2 Å². The number of carbonyl (C=O) groups excluding carboxylic acids is 3. The molecule has 0 aliphatic rings. The number of rotatable bonds is 57. The van der Waals surface area contributed by atoms with Crippen LogP contribution in [0.4, 0.5) is 0 Å². The molecule has 70 heavy (non-hydrogen) atoms. The third kappa shape index (κ3) is 56.5. The van der Waals surface area contributed by atoms with Gasteiger partial charge in [-0.05, 0) is 77.0 Å². The molecule has 6 nitrogen and oxygen atoms in total. The van der Waals surface area contributed by atoms with Gasteiger partial charge in [-0.3, -0.25) is 14.4 Å². The van der Waals surface area contributed by atoms with Gasteiger partial charge in [0.05, 0.1) is 0 Å². The van der Waals surface area contributed by atoms with Crippen LogP contribution in [0.3, 0.4) is 0 Å². The fourth-order valence-electron chi connectivity index (χ4n) is 9.18. The lowest BCUT2D eigenvalue weighted by Crippen LogP contribution is -2.30. The zero-order valence-electron chi connectivity index (χ0n) is 47.1. The molecule has 0 aromatic heterocycles. The predicted octanol–water partition coefficient (Wildman–Crippen LogP) is 20.8. The lowest BCUT2D eigenvalue weighted by Gasteiger charge is -2.18. The van der Waals surface area contributed by atoms with Crippen LogP contribution in [-0.2, 0) is 28.6 Å². The van der Waals surface area contributed by atoms with Crippen LogP contribution in [0.15, 0.2) is 36.5 Å². The summed E-state index contributed by atoms with van der Waals surface area (Å²) >= 11 is 0. The van der Waals surface area contributed by atoms with Crippen molar-refractivity contribution in [1.82, 2.24) is 0 Å². The van der Waals surface area contributed by atoms with Crippen molar-refractivity contribution in [2.24, 2.45) is 0 Å². The summed E-state index contributed by atoms with van der Waals surface area (Å²) in [6.07, 6.45) is 71.4. The van der Waals surface area contributed by atoms with Gasteiger partial charge in [-0.1, -0.05) is 276 Å². The minimum atomic E-state index is -0.775. The van der Waals surface area contributed by atoms with Gasteiger partial charge >= 0.3 is 17.9 Å².